The molecule has 1 aromatic carbocycles. The number of methoxy groups -OCH3 is 1. The lowest BCUT2D eigenvalue weighted by molar-refractivity contribution is 0.417. The van der Waals surface area contributed by atoms with Crippen molar-refractivity contribution in [3.05, 3.63) is 30.7 Å². The summed E-state index contributed by atoms with van der Waals surface area (Å²) in [5.41, 5.74) is 6.48. The van der Waals surface area contributed by atoms with Crippen LogP contribution >= 0.6 is 0 Å². The monoisotopic (exact) mass is 296 g/mol. The standard InChI is InChI=1S/C12H16N4O3S/c1-3-16-7-12(14-8-16)20(17,18)15-9-4-5-10(13)11(6-9)19-2/h4-8,15H,3,13H2,1-2H3. The number of aryl methyl sites for hydroxylation is 1. The Morgan fingerprint density at radius 3 is 2.80 bits per heavy atom. The second-order valence-electron chi connectivity index (χ2n) is 4.10. The summed E-state index contributed by atoms with van der Waals surface area (Å²) in [4.78, 5) is 3.87. The van der Waals surface area contributed by atoms with E-state index in [-0.39, 0.29) is 5.03 Å². The van der Waals surface area contributed by atoms with Gasteiger partial charge < -0.3 is 15.0 Å². The minimum atomic E-state index is -3.72. The van der Waals surface area contributed by atoms with Gasteiger partial charge in [0.1, 0.15) is 5.75 Å². The molecule has 0 aliphatic heterocycles. The number of sulfonamides is 1. The van der Waals surface area contributed by atoms with Gasteiger partial charge in [-0.15, -0.1) is 0 Å². The number of benzene rings is 1. The van der Waals surface area contributed by atoms with Crippen LogP contribution in [-0.2, 0) is 16.6 Å². The van der Waals surface area contributed by atoms with Gasteiger partial charge in [0.15, 0.2) is 5.03 Å². The third kappa shape index (κ3) is 2.85. The molecule has 1 aromatic heterocycles. The predicted octanol–water partition coefficient (Wildman–Crippen LogP) is 1.29. The van der Waals surface area contributed by atoms with E-state index in [0.29, 0.717) is 23.7 Å². The molecular weight excluding hydrogens is 280 g/mol. The van der Waals surface area contributed by atoms with Crippen LogP contribution in [0.3, 0.4) is 0 Å². The van der Waals surface area contributed by atoms with Gasteiger partial charge in [-0.05, 0) is 19.1 Å². The van der Waals surface area contributed by atoms with E-state index in [1.54, 1.807) is 16.7 Å². The van der Waals surface area contributed by atoms with Crippen LogP contribution in [0, 0.1) is 0 Å². The zero-order valence-electron chi connectivity index (χ0n) is 11.2. The molecule has 0 atom stereocenters. The molecule has 20 heavy (non-hydrogen) atoms. The Kier molecular flexibility index (Phi) is 3.84. The first-order valence-electron chi connectivity index (χ1n) is 5.94. The van der Waals surface area contributed by atoms with Crippen molar-refractivity contribution in [1.29, 1.82) is 0 Å². The van der Waals surface area contributed by atoms with E-state index in [2.05, 4.69) is 9.71 Å². The summed E-state index contributed by atoms with van der Waals surface area (Å²) in [7, 11) is -2.25. The maximum absolute atomic E-state index is 12.2. The minimum Gasteiger partial charge on any atom is -0.495 e. The summed E-state index contributed by atoms with van der Waals surface area (Å²) in [5, 5.41) is -0.0323. The van der Waals surface area contributed by atoms with Crippen molar-refractivity contribution in [2.75, 3.05) is 17.6 Å². The number of ether oxygens (including phenoxy) is 1. The predicted molar refractivity (Wildman–Crippen MR) is 76.1 cm³/mol. The van der Waals surface area contributed by atoms with Gasteiger partial charge in [0.05, 0.1) is 24.8 Å². The lowest BCUT2D eigenvalue weighted by Crippen LogP contribution is -2.13. The number of nitrogens with zero attached hydrogens (tertiary/aromatic N) is 2. The molecule has 2 rings (SSSR count). The zero-order chi connectivity index (χ0) is 14.8. The Morgan fingerprint density at radius 1 is 1.45 bits per heavy atom. The second kappa shape index (κ2) is 5.41. The zero-order valence-corrected chi connectivity index (χ0v) is 12.0. The van der Waals surface area contributed by atoms with Crippen molar-refractivity contribution in [3.8, 4) is 5.75 Å². The Balaban J connectivity index is 2.28. The molecule has 8 heteroatoms. The quantitative estimate of drug-likeness (QED) is 0.810. The summed E-state index contributed by atoms with van der Waals surface area (Å²) in [5.74, 6) is 0.407. The topological polar surface area (TPSA) is 99.2 Å². The normalized spacial score (nSPS) is 11.3. The second-order valence-corrected chi connectivity index (χ2v) is 5.73. The summed E-state index contributed by atoms with van der Waals surface area (Å²) in [6.07, 6.45) is 2.94. The number of hydrogen-bond acceptors (Lipinski definition) is 5. The summed E-state index contributed by atoms with van der Waals surface area (Å²) in [6, 6.07) is 4.65. The lowest BCUT2D eigenvalue weighted by atomic mass is 10.3. The highest BCUT2D eigenvalue weighted by molar-refractivity contribution is 7.92. The number of nitrogen functional groups attached to an aromatic ring is 1. The summed E-state index contributed by atoms with van der Waals surface area (Å²) >= 11 is 0. The molecule has 0 aliphatic rings. The van der Waals surface area contributed by atoms with Crippen molar-refractivity contribution in [1.82, 2.24) is 9.55 Å². The molecule has 0 saturated heterocycles. The number of rotatable bonds is 5. The van der Waals surface area contributed by atoms with Crippen LogP contribution in [-0.4, -0.2) is 25.1 Å². The first-order chi connectivity index (χ1) is 9.46. The van der Waals surface area contributed by atoms with E-state index < -0.39 is 10.0 Å². The fraction of sp³-hybridized carbons (Fsp3) is 0.250. The molecule has 7 nitrogen and oxygen atoms in total. The van der Waals surface area contributed by atoms with Crippen LogP contribution in [0.1, 0.15) is 6.92 Å². The molecule has 0 saturated carbocycles. The molecule has 0 aliphatic carbocycles. The number of aromatic nitrogens is 2. The first-order valence-corrected chi connectivity index (χ1v) is 7.42. The fourth-order valence-corrected chi connectivity index (χ4v) is 2.64. The van der Waals surface area contributed by atoms with Gasteiger partial charge in [-0.3, -0.25) is 4.72 Å². The van der Waals surface area contributed by atoms with Crippen LogP contribution in [0.25, 0.3) is 0 Å². The Hall–Kier alpha value is -2.22. The van der Waals surface area contributed by atoms with Crippen LogP contribution in [0.2, 0.25) is 0 Å². The van der Waals surface area contributed by atoms with Crippen LogP contribution in [0.5, 0.6) is 5.75 Å². The SMILES string of the molecule is CCn1cnc(S(=O)(=O)Nc2ccc(N)c(OC)c2)c1. The summed E-state index contributed by atoms with van der Waals surface area (Å²) in [6.45, 7) is 2.55. The Labute approximate surface area is 117 Å². The molecule has 1 heterocycles. The molecule has 0 amide bonds. The van der Waals surface area contributed by atoms with Crippen LogP contribution in [0.15, 0.2) is 35.7 Å². The van der Waals surface area contributed by atoms with E-state index >= 15 is 0 Å². The van der Waals surface area contributed by atoms with Gasteiger partial charge in [0.2, 0.25) is 0 Å². The van der Waals surface area contributed by atoms with Gasteiger partial charge in [-0.2, -0.15) is 8.42 Å². The summed E-state index contributed by atoms with van der Waals surface area (Å²) < 4.78 is 33.5. The average Bonchev–Trinajstić information content (AvgIpc) is 2.90. The molecule has 0 fully saturated rings. The molecule has 0 radical (unpaired) electrons. The van der Waals surface area contributed by atoms with Crippen molar-refractivity contribution in [3.63, 3.8) is 0 Å². The van der Waals surface area contributed by atoms with Crippen molar-refractivity contribution in [2.45, 2.75) is 18.5 Å². The van der Waals surface area contributed by atoms with Crippen molar-refractivity contribution >= 4 is 21.4 Å². The van der Waals surface area contributed by atoms with E-state index in [1.807, 2.05) is 6.92 Å². The maximum atomic E-state index is 12.2. The highest BCUT2D eigenvalue weighted by Crippen LogP contribution is 2.26. The lowest BCUT2D eigenvalue weighted by Gasteiger charge is -2.09. The van der Waals surface area contributed by atoms with E-state index in [9.17, 15) is 8.42 Å². The van der Waals surface area contributed by atoms with Gasteiger partial charge >= 0.3 is 0 Å². The number of hydrogen-bond donors (Lipinski definition) is 2. The molecule has 108 valence electrons. The molecule has 0 unspecified atom stereocenters. The molecule has 2 aromatic rings. The van der Waals surface area contributed by atoms with Gasteiger partial charge in [0, 0.05) is 18.8 Å². The average molecular weight is 296 g/mol. The fourth-order valence-electron chi connectivity index (χ4n) is 1.63. The van der Waals surface area contributed by atoms with Crippen molar-refractivity contribution < 1.29 is 13.2 Å². The first kappa shape index (κ1) is 14.2. The van der Waals surface area contributed by atoms with E-state index in [0.717, 1.165) is 0 Å². The van der Waals surface area contributed by atoms with Gasteiger partial charge in [-0.1, -0.05) is 0 Å². The van der Waals surface area contributed by atoms with E-state index in [4.69, 9.17) is 10.5 Å². The number of anilines is 2. The maximum Gasteiger partial charge on any atom is 0.280 e. The van der Waals surface area contributed by atoms with Gasteiger partial charge in [0.25, 0.3) is 10.0 Å². The largest absolute Gasteiger partial charge is 0.495 e. The third-order valence-electron chi connectivity index (χ3n) is 2.74. The number of imidazole rings is 1. The minimum absolute atomic E-state index is 0.0323. The van der Waals surface area contributed by atoms with Gasteiger partial charge in [-0.25, -0.2) is 4.98 Å². The molecule has 0 bridgehead atoms. The van der Waals surface area contributed by atoms with Crippen LogP contribution < -0.4 is 15.2 Å². The Bertz CT molecular complexity index is 709. The van der Waals surface area contributed by atoms with E-state index in [1.165, 1.54) is 25.7 Å². The third-order valence-corrected chi connectivity index (χ3v) is 4.00. The number of nitrogens with two attached hydrogens (primary N) is 1. The molecular formula is C12H16N4O3S. The molecule has 3 N–H and O–H groups in total. The Morgan fingerprint density at radius 2 is 2.20 bits per heavy atom. The van der Waals surface area contributed by atoms with Crippen molar-refractivity contribution in [2.24, 2.45) is 0 Å². The smallest absolute Gasteiger partial charge is 0.280 e. The highest BCUT2D eigenvalue weighted by atomic mass is 32.2. The number of nitrogens with one attached hydrogen (secondary N) is 1. The highest BCUT2D eigenvalue weighted by Gasteiger charge is 2.17. The molecule has 0 spiro atoms. The van der Waals surface area contributed by atoms with Crippen LogP contribution in [0.4, 0.5) is 11.4 Å².